The normalized spacial score (nSPS) is 11.5. The number of anilines is 1. The van der Waals surface area contributed by atoms with E-state index in [2.05, 4.69) is 14.7 Å². The summed E-state index contributed by atoms with van der Waals surface area (Å²) in [5, 5.41) is 8.92. The van der Waals surface area contributed by atoms with Crippen LogP contribution in [0.5, 0.6) is 0 Å². The number of nitrogens with zero attached hydrogens (tertiary/aromatic N) is 2. The van der Waals surface area contributed by atoms with Crippen molar-refractivity contribution in [1.82, 2.24) is 9.97 Å². The molecule has 0 spiro atoms. The van der Waals surface area contributed by atoms with Gasteiger partial charge in [-0.2, -0.15) is 0 Å². The van der Waals surface area contributed by atoms with Crippen molar-refractivity contribution in [1.29, 1.82) is 0 Å². The zero-order valence-electron chi connectivity index (χ0n) is 11.0. The van der Waals surface area contributed by atoms with Gasteiger partial charge in [0, 0.05) is 29.1 Å². The van der Waals surface area contributed by atoms with Crippen LogP contribution in [0, 0.1) is 0 Å². The standard InChI is InChI=1S/C13H10ClN3O4S/c14-10-2-4-11(5-3-10)22(20,21)17-13-15-7-9(8-16-13)1-6-12(18)19/h1-8H,(H,18,19)(H,15,16,17)/b6-1+. The van der Waals surface area contributed by atoms with Crippen LogP contribution in [-0.2, 0) is 14.8 Å². The molecule has 0 unspecified atom stereocenters. The van der Waals surface area contributed by atoms with Gasteiger partial charge in [-0.15, -0.1) is 0 Å². The molecule has 0 fully saturated rings. The third kappa shape index (κ3) is 4.27. The second kappa shape index (κ2) is 6.54. The molecule has 1 heterocycles. The molecule has 0 aliphatic rings. The van der Waals surface area contributed by atoms with Crippen molar-refractivity contribution in [2.24, 2.45) is 0 Å². The lowest BCUT2D eigenvalue weighted by Crippen LogP contribution is -2.14. The molecule has 0 atom stereocenters. The number of carboxylic acid groups (broad SMARTS) is 1. The van der Waals surface area contributed by atoms with Crippen molar-refractivity contribution in [2.75, 3.05) is 4.72 Å². The third-order valence-corrected chi connectivity index (χ3v) is 4.04. The molecule has 0 radical (unpaired) electrons. The first-order valence-electron chi connectivity index (χ1n) is 5.88. The van der Waals surface area contributed by atoms with E-state index < -0.39 is 16.0 Å². The third-order valence-electron chi connectivity index (χ3n) is 2.44. The fourth-order valence-electron chi connectivity index (χ4n) is 1.44. The Labute approximate surface area is 131 Å². The monoisotopic (exact) mass is 339 g/mol. The summed E-state index contributed by atoms with van der Waals surface area (Å²) >= 11 is 5.70. The van der Waals surface area contributed by atoms with E-state index >= 15 is 0 Å². The summed E-state index contributed by atoms with van der Waals surface area (Å²) in [4.78, 5) is 18.0. The Balaban J connectivity index is 2.16. The topological polar surface area (TPSA) is 109 Å². The van der Waals surface area contributed by atoms with Crippen molar-refractivity contribution >= 4 is 39.6 Å². The average Bonchev–Trinajstić information content (AvgIpc) is 2.46. The number of carbonyl (C=O) groups is 1. The van der Waals surface area contributed by atoms with E-state index in [9.17, 15) is 13.2 Å². The van der Waals surface area contributed by atoms with Crippen LogP contribution in [0.2, 0.25) is 5.02 Å². The number of nitrogens with one attached hydrogen (secondary N) is 1. The zero-order chi connectivity index (χ0) is 16.2. The molecule has 7 nitrogen and oxygen atoms in total. The molecule has 1 aromatic heterocycles. The van der Waals surface area contributed by atoms with Crippen LogP contribution >= 0.6 is 11.6 Å². The van der Waals surface area contributed by atoms with Gasteiger partial charge in [-0.05, 0) is 30.3 Å². The van der Waals surface area contributed by atoms with Crippen molar-refractivity contribution < 1.29 is 18.3 Å². The molecule has 2 N–H and O–H groups in total. The molecule has 114 valence electrons. The molecule has 0 bridgehead atoms. The summed E-state index contributed by atoms with van der Waals surface area (Å²) in [6.07, 6.45) is 4.81. The number of benzene rings is 1. The fraction of sp³-hybridized carbons (Fsp3) is 0. The lowest BCUT2D eigenvalue weighted by Gasteiger charge is -2.06. The first kappa shape index (κ1) is 15.9. The van der Waals surface area contributed by atoms with Gasteiger partial charge in [-0.3, -0.25) is 0 Å². The Bertz CT molecular complexity index is 802. The minimum atomic E-state index is -3.81. The second-order valence-corrected chi connectivity index (χ2v) is 6.19. The van der Waals surface area contributed by atoms with E-state index in [1.807, 2.05) is 0 Å². The first-order valence-corrected chi connectivity index (χ1v) is 7.74. The van der Waals surface area contributed by atoms with Crippen LogP contribution in [0.4, 0.5) is 5.95 Å². The fourth-order valence-corrected chi connectivity index (χ4v) is 2.52. The molecule has 0 aliphatic heterocycles. The summed E-state index contributed by atoms with van der Waals surface area (Å²) in [5.74, 6) is -1.23. The molecule has 2 rings (SSSR count). The highest BCUT2D eigenvalue weighted by atomic mass is 35.5. The van der Waals surface area contributed by atoms with Gasteiger partial charge >= 0.3 is 5.97 Å². The molecule has 2 aromatic rings. The molecule has 0 aliphatic carbocycles. The minimum Gasteiger partial charge on any atom is -0.478 e. The number of hydrogen-bond acceptors (Lipinski definition) is 5. The van der Waals surface area contributed by atoms with E-state index in [4.69, 9.17) is 16.7 Å². The van der Waals surface area contributed by atoms with Gasteiger partial charge in [0.05, 0.1) is 4.90 Å². The van der Waals surface area contributed by atoms with E-state index in [1.54, 1.807) is 0 Å². The van der Waals surface area contributed by atoms with Crippen LogP contribution < -0.4 is 4.72 Å². The average molecular weight is 340 g/mol. The lowest BCUT2D eigenvalue weighted by molar-refractivity contribution is -0.131. The molecular formula is C13H10ClN3O4S. The van der Waals surface area contributed by atoms with E-state index in [1.165, 1.54) is 42.7 Å². The highest BCUT2D eigenvalue weighted by molar-refractivity contribution is 7.92. The van der Waals surface area contributed by atoms with Crippen molar-refractivity contribution in [3.05, 3.63) is 53.3 Å². The summed E-state index contributed by atoms with van der Waals surface area (Å²) in [6.45, 7) is 0. The van der Waals surface area contributed by atoms with Crippen LogP contribution in [-0.4, -0.2) is 29.5 Å². The maximum Gasteiger partial charge on any atom is 0.328 e. The summed E-state index contributed by atoms with van der Waals surface area (Å²) in [7, 11) is -3.81. The van der Waals surface area contributed by atoms with Gasteiger partial charge in [0.2, 0.25) is 5.95 Å². The molecule has 1 aromatic carbocycles. The van der Waals surface area contributed by atoms with Gasteiger partial charge in [-0.1, -0.05) is 11.6 Å². The van der Waals surface area contributed by atoms with Crippen molar-refractivity contribution in [3.8, 4) is 0 Å². The number of halogens is 1. The van der Waals surface area contributed by atoms with Gasteiger partial charge in [0.1, 0.15) is 0 Å². The Kier molecular flexibility index (Phi) is 4.74. The van der Waals surface area contributed by atoms with E-state index in [0.717, 1.165) is 6.08 Å². The highest BCUT2D eigenvalue weighted by Gasteiger charge is 2.15. The predicted octanol–water partition coefficient (Wildman–Crippen LogP) is 2.03. The number of carboxylic acids is 1. The lowest BCUT2D eigenvalue weighted by atomic mass is 10.3. The SMILES string of the molecule is O=C(O)/C=C/c1cnc(NS(=O)(=O)c2ccc(Cl)cc2)nc1. The maximum absolute atomic E-state index is 12.1. The smallest absolute Gasteiger partial charge is 0.328 e. The number of aliphatic carboxylic acids is 1. The molecule has 0 saturated heterocycles. The summed E-state index contributed by atoms with van der Waals surface area (Å²) < 4.78 is 26.4. The van der Waals surface area contributed by atoms with Crippen LogP contribution in [0.1, 0.15) is 5.56 Å². The molecule has 0 amide bonds. The van der Waals surface area contributed by atoms with E-state index in [0.29, 0.717) is 10.6 Å². The Morgan fingerprint density at radius 3 is 2.32 bits per heavy atom. The highest BCUT2D eigenvalue weighted by Crippen LogP contribution is 2.16. The van der Waals surface area contributed by atoms with Gasteiger partial charge in [0.15, 0.2) is 0 Å². The van der Waals surface area contributed by atoms with Gasteiger partial charge in [0.25, 0.3) is 10.0 Å². The second-order valence-electron chi connectivity index (χ2n) is 4.07. The summed E-state index contributed by atoms with van der Waals surface area (Å²) in [5.41, 5.74) is 0.428. The quantitative estimate of drug-likeness (QED) is 0.807. The van der Waals surface area contributed by atoms with E-state index in [-0.39, 0.29) is 10.8 Å². The number of aromatic nitrogens is 2. The van der Waals surface area contributed by atoms with Gasteiger partial charge in [-0.25, -0.2) is 27.9 Å². The van der Waals surface area contributed by atoms with Crippen LogP contribution in [0.25, 0.3) is 6.08 Å². The van der Waals surface area contributed by atoms with Crippen LogP contribution in [0.3, 0.4) is 0 Å². The Morgan fingerprint density at radius 2 is 1.77 bits per heavy atom. The zero-order valence-corrected chi connectivity index (χ0v) is 12.5. The minimum absolute atomic E-state index is 0.0235. The van der Waals surface area contributed by atoms with Crippen molar-refractivity contribution in [2.45, 2.75) is 4.90 Å². The Hall–Kier alpha value is -2.45. The first-order chi connectivity index (χ1) is 10.4. The molecule has 9 heteroatoms. The largest absolute Gasteiger partial charge is 0.478 e. The summed E-state index contributed by atoms with van der Waals surface area (Å²) in [6, 6.07) is 5.62. The number of rotatable bonds is 5. The predicted molar refractivity (Wildman–Crippen MR) is 81.0 cm³/mol. The van der Waals surface area contributed by atoms with Crippen LogP contribution in [0.15, 0.2) is 47.6 Å². The van der Waals surface area contributed by atoms with Crippen molar-refractivity contribution in [3.63, 3.8) is 0 Å². The molecule has 22 heavy (non-hydrogen) atoms. The Morgan fingerprint density at radius 1 is 1.18 bits per heavy atom. The molecular weight excluding hydrogens is 330 g/mol. The molecule has 0 saturated carbocycles. The number of sulfonamides is 1. The van der Waals surface area contributed by atoms with Gasteiger partial charge < -0.3 is 5.11 Å². The number of hydrogen-bond donors (Lipinski definition) is 2. The maximum atomic E-state index is 12.1.